The van der Waals surface area contributed by atoms with E-state index in [4.69, 9.17) is 9.15 Å². The fraction of sp³-hybridized carbons (Fsp3) is 0.0952. The standard InChI is InChI=1S/C21H17N3O3S/c1-2-26-16-10-8-15(9-11-16)24-20(25)18(14-17-6-5-13-27-17)28-21(24)23-19-7-3-4-12-22-19/h3-14H,2H2,1H3/b18-14-,23-21-. The highest BCUT2D eigenvalue weighted by molar-refractivity contribution is 8.19. The van der Waals surface area contributed by atoms with Gasteiger partial charge in [0.05, 0.1) is 23.5 Å². The first kappa shape index (κ1) is 18.1. The van der Waals surface area contributed by atoms with Crippen LogP contribution < -0.4 is 9.64 Å². The van der Waals surface area contributed by atoms with Gasteiger partial charge in [-0.15, -0.1) is 0 Å². The van der Waals surface area contributed by atoms with Crippen LogP contribution in [0.1, 0.15) is 12.7 Å². The summed E-state index contributed by atoms with van der Waals surface area (Å²) in [5.74, 6) is 1.73. The zero-order valence-corrected chi connectivity index (χ0v) is 15.9. The Bertz CT molecular complexity index is 1010. The summed E-state index contributed by atoms with van der Waals surface area (Å²) in [5, 5.41) is 0.533. The molecule has 1 fully saturated rings. The molecule has 0 N–H and O–H groups in total. The minimum Gasteiger partial charge on any atom is -0.494 e. The number of aliphatic imine (C=N–C) groups is 1. The second-order valence-electron chi connectivity index (χ2n) is 5.78. The number of pyridine rings is 1. The van der Waals surface area contributed by atoms with Crippen LogP contribution >= 0.6 is 11.8 Å². The molecule has 1 aromatic carbocycles. The largest absolute Gasteiger partial charge is 0.494 e. The summed E-state index contributed by atoms with van der Waals surface area (Å²) in [6.07, 6.45) is 4.96. The lowest BCUT2D eigenvalue weighted by Gasteiger charge is -2.16. The van der Waals surface area contributed by atoms with Crippen LogP contribution in [0.4, 0.5) is 11.5 Å². The number of hydrogen-bond acceptors (Lipinski definition) is 6. The predicted octanol–water partition coefficient (Wildman–Crippen LogP) is 4.88. The van der Waals surface area contributed by atoms with Crippen molar-refractivity contribution in [2.75, 3.05) is 11.5 Å². The molecule has 0 saturated carbocycles. The molecule has 0 unspecified atom stereocenters. The zero-order valence-electron chi connectivity index (χ0n) is 15.1. The van der Waals surface area contributed by atoms with E-state index in [1.165, 1.54) is 11.8 Å². The fourth-order valence-electron chi connectivity index (χ4n) is 2.65. The maximum Gasteiger partial charge on any atom is 0.271 e. The first-order valence-corrected chi connectivity index (χ1v) is 9.56. The number of carbonyl (C=O) groups is 1. The number of rotatable bonds is 5. The monoisotopic (exact) mass is 391 g/mol. The van der Waals surface area contributed by atoms with Gasteiger partial charge in [-0.2, -0.15) is 0 Å². The van der Waals surface area contributed by atoms with E-state index in [0.717, 1.165) is 5.75 Å². The number of nitrogens with zero attached hydrogens (tertiary/aromatic N) is 3. The van der Waals surface area contributed by atoms with Gasteiger partial charge in [0.2, 0.25) is 0 Å². The molecule has 1 saturated heterocycles. The molecule has 7 heteroatoms. The molecule has 1 amide bonds. The van der Waals surface area contributed by atoms with E-state index in [0.29, 0.717) is 33.9 Å². The van der Waals surface area contributed by atoms with Gasteiger partial charge in [-0.05, 0) is 67.2 Å². The van der Waals surface area contributed by atoms with E-state index in [-0.39, 0.29) is 5.91 Å². The summed E-state index contributed by atoms with van der Waals surface area (Å²) in [5.41, 5.74) is 0.707. The number of amidine groups is 1. The van der Waals surface area contributed by atoms with E-state index in [1.807, 2.05) is 43.3 Å². The third-order valence-corrected chi connectivity index (χ3v) is 4.86. The Morgan fingerprint density at radius 1 is 1.18 bits per heavy atom. The number of anilines is 1. The van der Waals surface area contributed by atoms with Gasteiger partial charge < -0.3 is 9.15 Å². The van der Waals surface area contributed by atoms with Crippen molar-refractivity contribution in [3.63, 3.8) is 0 Å². The summed E-state index contributed by atoms with van der Waals surface area (Å²) < 4.78 is 10.8. The summed E-state index contributed by atoms with van der Waals surface area (Å²) in [4.78, 5) is 24.0. The average molecular weight is 391 g/mol. The van der Waals surface area contributed by atoms with E-state index in [2.05, 4.69) is 9.98 Å². The zero-order chi connectivity index (χ0) is 19.3. The van der Waals surface area contributed by atoms with E-state index in [9.17, 15) is 4.79 Å². The third kappa shape index (κ3) is 3.84. The Hall–Kier alpha value is -3.32. The van der Waals surface area contributed by atoms with Crippen molar-refractivity contribution in [2.45, 2.75) is 6.92 Å². The Balaban J connectivity index is 1.73. The number of furan rings is 1. The number of hydrogen-bond donors (Lipinski definition) is 0. The van der Waals surface area contributed by atoms with Crippen molar-refractivity contribution in [1.29, 1.82) is 0 Å². The molecule has 0 aliphatic carbocycles. The fourth-order valence-corrected chi connectivity index (χ4v) is 3.62. The van der Waals surface area contributed by atoms with E-state index >= 15 is 0 Å². The van der Waals surface area contributed by atoms with Gasteiger partial charge in [0.15, 0.2) is 11.0 Å². The van der Waals surface area contributed by atoms with Crippen molar-refractivity contribution in [2.24, 2.45) is 4.99 Å². The SMILES string of the molecule is CCOc1ccc(N2C(=O)/C(=C/c3ccco3)S/C2=N\c2ccccn2)cc1. The predicted molar refractivity (Wildman–Crippen MR) is 111 cm³/mol. The first-order valence-electron chi connectivity index (χ1n) is 8.74. The second-order valence-corrected chi connectivity index (χ2v) is 6.78. The van der Waals surface area contributed by atoms with Gasteiger partial charge in [0.25, 0.3) is 5.91 Å². The molecule has 28 heavy (non-hydrogen) atoms. The smallest absolute Gasteiger partial charge is 0.271 e. The number of amides is 1. The van der Waals surface area contributed by atoms with Gasteiger partial charge >= 0.3 is 0 Å². The summed E-state index contributed by atoms with van der Waals surface area (Å²) in [6.45, 7) is 2.51. The lowest BCUT2D eigenvalue weighted by Crippen LogP contribution is -2.28. The summed E-state index contributed by atoms with van der Waals surface area (Å²) >= 11 is 1.29. The Morgan fingerprint density at radius 2 is 2.04 bits per heavy atom. The van der Waals surface area contributed by atoms with Crippen LogP contribution in [0.5, 0.6) is 5.75 Å². The molecule has 0 spiro atoms. The van der Waals surface area contributed by atoms with Crippen LogP contribution in [-0.4, -0.2) is 22.7 Å². The lowest BCUT2D eigenvalue weighted by molar-refractivity contribution is -0.113. The molecule has 4 rings (SSSR count). The minimum atomic E-state index is -0.166. The van der Waals surface area contributed by atoms with Gasteiger partial charge in [-0.25, -0.2) is 9.98 Å². The molecule has 6 nitrogen and oxygen atoms in total. The van der Waals surface area contributed by atoms with Gasteiger partial charge in [0, 0.05) is 12.3 Å². The quantitative estimate of drug-likeness (QED) is 0.580. The average Bonchev–Trinajstić information content (AvgIpc) is 3.33. The van der Waals surface area contributed by atoms with Gasteiger partial charge in [0.1, 0.15) is 11.5 Å². The van der Waals surface area contributed by atoms with Crippen molar-refractivity contribution < 1.29 is 13.9 Å². The molecule has 3 heterocycles. The number of aromatic nitrogens is 1. The van der Waals surface area contributed by atoms with E-state index < -0.39 is 0 Å². The summed E-state index contributed by atoms with van der Waals surface area (Å²) in [6, 6.07) is 16.4. The second kappa shape index (κ2) is 8.14. The highest BCUT2D eigenvalue weighted by Gasteiger charge is 2.35. The summed E-state index contributed by atoms with van der Waals surface area (Å²) in [7, 11) is 0. The Kier molecular flexibility index (Phi) is 5.25. The molecular formula is C21H17N3O3S. The molecule has 1 aliphatic rings. The molecule has 1 aliphatic heterocycles. The van der Waals surface area contributed by atoms with Gasteiger partial charge in [-0.1, -0.05) is 6.07 Å². The van der Waals surface area contributed by atoms with Crippen LogP contribution in [0, 0.1) is 0 Å². The van der Waals surface area contributed by atoms with Crippen molar-refractivity contribution >= 4 is 40.4 Å². The van der Waals surface area contributed by atoms with Crippen LogP contribution in [0.15, 0.2) is 81.4 Å². The Labute approximate surface area is 166 Å². The van der Waals surface area contributed by atoms with Crippen LogP contribution in [0.2, 0.25) is 0 Å². The number of thioether (sulfide) groups is 1. The van der Waals surface area contributed by atoms with Crippen molar-refractivity contribution in [3.05, 3.63) is 77.7 Å². The topological polar surface area (TPSA) is 67.9 Å². The molecule has 0 atom stereocenters. The molecule has 3 aromatic rings. The number of benzene rings is 1. The van der Waals surface area contributed by atoms with Crippen molar-refractivity contribution in [1.82, 2.24) is 4.98 Å². The van der Waals surface area contributed by atoms with Gasteiger partial charge in [-0.3, -0.25) is 9.69 Å². The highest BCUT2D eigenvalue weighted by atomic mass is 32.2. The number of carbonyl (C=O) groups excluding carboxylic acids is 1. The first-order chi connectivity index (χ1) is 13.7. The van der Waals surface area contributed by atoms with Crippen LogP contribution in [0.25, 0.3) is 6.08 Å². The molecule has 140 valence electrons. The molecule has 0 radical (unpaired) electrons. The molecule has 2 aromatic heterocycles. The maximum absolute atomic E-state index is 13.1. The van der Waals surface area contributed by atoms with Crippen LogP contribution in [0.3, 0.4) is 0 Å². The van der Waals surface area contributed by atoms with Crippen molar-refractivity contribution in [3.8, 4) is 5.75 Å². The Morgan fingerprint density at radius 3 is 2.71 bits per heavy atom. The molecule has 0 bridgehead atoms. The lowest BCUT2D eigenvalue weighted by atomic mass is 10.2. The van der Waals surface area contributed by atoms with Crippen LogP contribution in [-0.2, 0) is 4.79 Å². The normalized spacial score (nSPS) is 16.9. The minimum absolute atomic E-state index is 0.166. The molecular weight excluding hydrogens is 374 g/mol. The number of ether oxygens (including phenoxy) is 1. The highest BCUT2D eigenvalue weighted by Crippen LogP contribution is 2.37. The third-order valence-electron chi connectivity index (χ3n) is 3.89. The van der Waals surface area contributed by atoms with E-state index in [1.54, 1.807) is 41.6 Å². The maximum atomic E-state index is 13.1.